The Hall–Kier alpha value is -5.43. The summed E-state index contributed by atoms with van der Waals surface area (Å²) in [5.74, 6) is 0. The van der Waals surface area contributed by atoms with Crippen LogP contribution in [-0.4, -0.2) is 9.13 Å². The molecule has 2 heterocycles. The van der Waals surface area contributed by atoms with E-state index in [1.54, 1.807) is 0 Å². The van der Waals surface area contributed by atoms with Crippen molar-refractivity contribution in [2.45, 2.75) is 52.4 Å². The highest BCUT2D eigenvalue weighted by Crippen LogP contribution is 2.43. The van der Waals surface area contributed by atoms with Crippen LogP contribution in [0.1, 0.15) is 50.7 Å². The van der Waals surface area contributed by atoms with Crippen molar-refractivity contribution in [2.24, 2.45) is 0 Å². The van der Waals surface area contributed by atoms with E-state index in [2.05, 4.69) is 187 Å². The zero-order chi connectivity index (χ0) is 35.7. The van der Waals surface area contributed by atoms with Crippen LogP contribution in [0.25, 0.3) is 55.0 Å². The molecule has 0 aliphatic carbocycles. The van der Waals surface area contributed by atoms with Gasteiger partial charge in [0.1, 0.15) is 0 Å². The third-order valence-corrected chi connectivity index (χ3v) is 13.2. The summed E-state index contributed by atoms with van der Waals surface area (Å²) in [6.07, 6.45) is 6.98. The zero-order valence-electron chi connectivity index (χ0n) is 30.7. The maximum absolute atomic E-state index is 2.57. The van der Waals surface area contributed by atoms with Gasteiger partial charge in [-0.05, 0) is 109 Å². The standard InChI is InChI=1S/C50H45N2P/c1-3-5-17-36-27-31-47-45(33-36)43-29-30-44-46-34-37(18-6-4-2)28-32-48(46)52(50(44)49(43)51(47)38-19-10-7-11-20-38)39-21-16-26-42(35-39)53(40-22-12-8-13-23-40)41-24-14-9-15-25-41/h7-16,19-35H,3-6,17-18H2,1-2H3. The molecule has 7 aromatic carbocycles. The first-order valence-corrected chi connectivity index (χ1v) is 20.7. The zero-order valence-corrected chi connectivity index (χ0v) is 31.6. The molecular weight excluding hydrogens is 660 g/mol. The largest absolute Gasteiger partial charge is 0.307 e. The van der Waals surface area contributed by atoms with Crippen molar-refractivity contribution in [1.29, 1.82) is 0 Å². The Labute approximate surface area is 314 Å². The van der Waals surface area contributed by atoms with Crippen LogP contribution in [0.4, 0.5) is 0 Å². The molecule has 0 aliphatic rings. The van der Waals surface area contributed by atoms with Crippen LogP contribution in [0.5, 0.6) is 0 Å². The highest BCUT2D eigenvalue weighted by Gasteiger charge is 2.23. The maximum Gasteiger partial charge on any atom is 0.0788 e. The Balaban J connectivity index is 1.38. The predicted molar refractivity (Wildman–Crippen MR) is 231 cm³/mol. The summed E-state index contributed by atoms with van der Waals surface area (Å²) in [6.45, 7) is 4.56. The molecular formula is C50H45N2P. The number of aromatic nitrogens is 2. The summed E-state index contributed by atoms with van der Waals surface area (Å²) >= 11 is 0. The average molecular weight is 705 g/mol. The van der Waals surface area contributed by atoms with Crippen LogP contribution in [0.2, 0.25) is 0 Å². The molecule has 2 aromatic heterocycles. The lowest BCUT2D eigenvalue weighted by Gasteiger charge is -2.20. The Kier molecular flexibility index (Phi) is 9.16. The minimum atomic E-state index is -0.757. The molecule has 0 amide bonds. The van der Waals surface area contributed by atoms with E-state index in [0.717, 1.165) is 12.8 Å². The topological polar surface area (TPSA) is 9.86 Å². The van der Waals surface area contributed by atoms with Crippen molar-refractivity contribution in [3.8, 4) is 11.4 Å². The van der Waals surface area contributed by atoms with Crippen molar-refractivity contribution >= 4 is 67.4 Å². The fourth-order valence-corrected chi connectivity index (χ4v) is 10.6. The molecule has 0 saturated carbocycles. The second-order valence-electron chi connectivity index (χ2n) is 14.3. The summed E-state index contributed by atoms with van der Waals surface area (Å²) < 4.78 is 5.09. The molecule has 260 valence electrons. The first kappa shape index (κ1) is 33.4. The lowest BCUT2D eigenvalue weighted by atomic mass is 10.0. The summed E-state index contributed by atoms with van der Waals surface area (Å²) in [7, 11) is -0.757. The molecule has 0 aliphatic heterocycles. The number of rotatable bonds is 11. The van der Waals surface area contributed by atoms with Crippen LogP contribution in [0.15, 0.2) is 164 Å². The molecule has 9 aromatic rings. The number of hydrogen-bond donors (Lipinski definition) is 0. The number of benzene rings is 7. The Morgan fingerprint density at radius 3 is 1.36 bits per heavy atom. The van der Waals surface area contributed by atoms with Gasteiger partial charge in [0.2, 0.25) is 0 Å². The first-order valence-electron chi connectivity index (χ1n) is 19.3. The molecule has 0 bridgehead atoms. The predicted octanol–water partition coefficient (Wildman–Crippen LogP) is 12.3. The van der Waals surface area contributed by atoms with E-state index < -0.39 is 7.92 Å². The van der Waals surface area contributed by atoms with Gasteiger partial charge in [-0.2, -0.15) is 0 Å². The molecule has 53 heavy (non-hydrogen) atoms. The Bertz CT molecular complexity index is 2650. The van der Waals surface area contributed by atoms with Crippen molar-refractivity contribution in [1.82, 2.24) is 9.13 Å². The molecule has 0 atom stereocenters. The Morgan fingerprint density at radius 1 is 0.396 bits per heavy atom. The molecule has 2 nitrogen and oxygen atoms in total. The molecule has 0 radical (unpaired) electrons. The second-order valence-corrected chi connectivity index (χ2v) is 16.5. The third kappa shape index (κ3) is 6.06. The van der Waals surface area contributed by atoms with Crippen LogP contribution in [-0.2, 0) is 12.8 Å². The van der Waals surface area contributed by atoms with E-state index >= 15 is 0 Å². The average Bonchev–Trinajstić information content (AvgIpc) is 3.73. The number of fused-ring (bicyclic) bond motifs is 7. The van der Waals surface area contributed by atoms with Gasteiger partial charge >= 0.3 is 0 Å². The fourth-order valence-electron chi connectivity index (χ4n) is 8.25. The quantitative estimate of drug-likeness (QED) is 0.119. The van der Waals surface area contributed by atoms with E-state index in [0.29, 0.717) is 0 Å². The lowest BCUT2D eigenvalue weighted by Crippen LogP contribution is -2.20. The van der Waals surface area contributed by atoms with E-state index in [1.807, 2.05) is 0 Å². The minimum Gasteiger partial charge on any atom is -0.307 e. The molecule has 0 N–H and O–H groups in total. The number of unbranched alkanes of at least 4 members (excludes halogenated alkanes) is 2. The van der Waals surface area contributed by atoms with Gasteiger partial charge < -0.3 is 9.13 Å². The van der Waals surface area contributed by atoms with Gasteiger partial charge in [-0.15, -0.1) is 0 Å². The third-order valence-electron chi connectivity index (χ3n) is 10.8. The van der Waals surface area contributed by atoms with Crippen LogP contribution < -0.4 is 15.9 Å². The van der Waals surface area contributed by atoms with Crippen molar-refractivity contribution in [3.05, 3.63) is 175 Å². The lowest BCUT2D eigenvalue weighted by molar-refractivity contribution is 0.796. The van der Waals surface area contributed by atoms with Crippen LogP contribution in [0.3, 0.4) is 0 Å². The monoisotopic (exact) mass is 704 g/mol. The summed E-state index contributed by atoms with van der Waals surface area (Å²) in [5.41, 5.74) is 10.2. The molecule has 0 fully saturated rings. The van der Waals surface area contributed by atoms with Gasteiger partial charge in [0, 0.05) is 32.9 Å². The van der Waals surface area contributed by atoms with Crippen molar-refractivity contribution in [3.63, 3.8) is 0 Å². The van der Waals surface area contributed by atoms with Crippen LogP contribution >= 0.6 is 7.92 Å². The van der Waals surface area contributed by atoms with E-state index in [-0.39, 0.29) is 0 Å². The summed E-state index contributed by atoms with van der Waals surface area (Å²) in [5, 5.41) is 9.32. The molecule has 0 spiro atoms. The number of hydrogen-bond acceptors (Lipinski definition) is 0. The van der Waals surface area contributed by atoms with E-state index in [4.69, 9.17) is 0 Å². The first-order chi connectivity index (χ1) is 26.2. The normalized spacial score (nSPS) is 11.8. The van der Waals surface area contributed by atoms with Crippen LogP contribution in [0, 0.1) is 0 Å². The number of para-hydroxylation sites is 1. The molecule has 3 heteroatoms. The molecule has 0 saturated heterocycles. The van der Waals surface area contributed by atoms with Gasteiger partial charge in [0.05, 0.1) is 22.1 Å². The number of aryl methyl sites for hydroxylation is 2. The maximum atomic E-state index is 2.57. The highest BCUT2D eigenvalue weighted by molar-refractivity contribution is 7.79. The highest BCUT2D eigenvalue weighted by atomic mass is 31.1. The molecule has 9 rings (SSSR count). The van der Waals surface area contributed by atoms with Crippen molar-refractivity contribution < 1.29 is 0 Å². The SMILES string of the molecule is CCCCc1ccc2c(c1)c1ccc3c4cc(CCCC)ccc4n(-c4cccc(P(c5ccccc5)c5ccccc5)c4)c3c1n2-c1ccccc1. The van der Waals surface area contributed by atoms with Gasteiger partial charge in [-0.1, -0.05) is 142 Å². The van der Waals surface area contributed by atoms with E-state index in [9.17, 15) is 0 Å². The van der Waals surface area contributed by atoms with Gasteiger partial charge in [-0.3, -0.25) is 0 Å². The number of nitrogens with zero attached hydrogens (tertiary/aromatic N) is 2. The van der Waals surface area contributed by atoms with E-state index in [1.165, 1.54) is 108 Å². The summed E-state index contributed by atoms with van der Waals surface area (Å²) in [6, 6.07) is 61.6. The summed E-state index contributed by atoms with van der Waals surface area (Å²) in [4.78, 5) is 0. The Morgan fingerprint density at radius 2 is 0.849 bits per heavy atom. The van der Waals surface area contributed by atoms with Crippen molar-refractivity contribution in [2.75, 3.05) is 0 Å². The van der Waals surface area contributed by atoms with Gasteiger partial charge in [0.15, 0.2) is 0 Å². The smallest absolute Gasteiger partial charge is 0.0788 e. The van der Waals surface area contributed by atoms with Gasteiger partial charge in [-0.25, -0.2) is 0 Å². The van der Waals surface area contributed by atoms with Gasteiger partial charge in [0.25, 0.3) is 0 Å². The fraction of sp³-hybridized carbons (Fsp3) is 0.160. The minimum absolute atomic E-state index is 0.757. The second kappa shape index (κ2) is 14.5. The molecule has 0 unspecified atom stereocenters.